The van der Waals surface area contributed by atoms with Gasteiger partial charge in [-0.15, -0.1) is 0 Å². The van der Waals surface area contributed by atoms with Crippen LogP contribution in [0.25, 0.3) is 0 Å². The standard InChI is InChI=1S/C12H14O4/c1-8(13)11-4-3-9(14-2)5-12(11)16-7-10-6-15-10/h3-5,10H,6-7H2,1-2H3. The van der Waals surface area contributed by atoms with E-state index in [-0.39, 0.29) is 11.9 Å². The number of hydrogen-bond donors (Lipinski definition) is 0. The number of carbonyl (C=O) groups excluding carboxylic acids is 1. The lowest BCUT2D eigenvalue weighted by molar-refractivity contribution is 0.101. The highest BCUT2D eigenvalue weighted by Gasteiger charge is 2.24. The van der Waals surface area contributed by atoms with E-state index in [4.69, 9.17) is 14.2 Å². The Bertz CT molecular complexity index is 396. The monoisotopic (exact) mass is 222 g/mol. The normalized spacial score (nSPS) is 18.0. The van der Waals surface area contributed by atoms with Crippen LogP contribution in [0.2, 0.25) is 0 Å². The molecular formula is C12H14O4. The van der Waals surface area contributed by atoms with Crippen LogP contribution in [0.1, 0.15) is 17.3 Å². The molecule has 0 aliphatic carbocycles. The lowest BCUT2D eigenvalue weighted by atomic mass is 10.1. The summed E-state index contributed by atoms with van der Waals surface area (Å²) < 4.78 is 15.7. The molecule has 0 aromatic heterocycles. The summed E-state index contributed by atoms with van der Waals surface area (Å²) in [6, 6.07) is 5.18. The molecule has 1 atom stereocenters. The maximum atomic E-state index is 11.4. The molecule has 0 amide bonds. The second kappa shape index (κ2) is 4.53. The van der Waals surface area contributed by atoms with Gasteiger partial charge in [0.1, 0.15) is 24.2 Å². The van der Waals surface area contributed by atoms with Crippen LogP contribution < -0.4 is 9.47 Å². The van der Waals surface area contributed by atoms with E-state index in [1.165, 1.54) is 6.92 Å². The average Bonchev–Trinajstić information content (AvgIpc) is 3.09. The molecule has 4 nitrogen and oxygen atoms in total. The lowest BCUT2D eigenvalue weighted by Gasteiger charge is -2.10. The van der Waals surface area contributed by atoms with Crippen LogP contribution in [0.3, 0.4) is 0 Å². The molecule has 1 aromatic rings. The summed E-state index contributed by atoms with van der Waals surface area (Å²) in [5, 5.41) is 0. The Morgan fingerprint density at radius 3 is 2.88 bits per heavy atom. The van der Waals surface area contributed by atoms with Crippen LogP contribution in [-0.4, -0.2) is 32.2 Å². The highest BCUT2D eigenvalue weighted by molar-refractivity contribution is 5.97. The summed E-state index contributed by atoms with van der Waals surface area (Å²) in [6.07, 6.45) is 0.172. The van der Waals surface area contributed by atoms with Crippen molar-refractivity contribution in [2.75, 3.05) is 20.3 Å². The topological polar surface area (TPSA) is 48.1 Å². The Labute approximate surface area is 94.1 Å². The summed E-state index contributed by atoms with van der Waals surface area (Å²) >= 11 is 0. The number of epoxide rings is 1. The Hall–Kier alpha value is -1.55. The van der Waals surface area contributed by atoms with Gasteiger partial charge in [-0.2, -0.15) is 0 Å². The van der Waals surface area contributed by atoms with Gasteiger partial charge >= 0.3 is 0 Å². The number of ether oxygens (including phenoxy) is 3. The minimum Gasteiger partial charge on any atom is -0.497 e. The fourth-order valence-corrected chi connectivity index (χ4v) is 1.39. The molecule has 16 heavy (non-hydrogen) atoms. The first-order valence-corrected chi connectivity index (χ1v) is 5.14. The molecule has 0 bridgehead atoms. The van der Waals surface area contributed by atoms with E-state index in [9.17, 15) is 4.79 Å². The number of benzene rings is 1. The third-order valence-corrected chi connectivity index (χ3v) is 2.40. The smallest absolute Gasteiger partial charge is 0.163 e. The maximum Gasteiger partial charge on any atom is 0.163 e. The van der Waals surface area contributed by atoms with Gasteiger partial charge in [-0.3, -0.25) is 4.79 Å². The number of carbonyl (C=O) groups is 1. The summed E-state index contributed by atoms with van der Waals surface area (Å²) in [5.41, 5.74) is 0.571. The minimum atomic E-state index is -0.0191. The first kappa shape index (κ1) is 11.0. The van der Waals surface area contributed by atoms with Gasteiger partial charge in [0, 0.05) is 6.07 Å². The van der Waals surface area contributed by atoms with Crippen LogP contribution >= 0.6 is 0 Å². The van der Waals surface area contributed by atoms with E-state index in [2.05, 4.69) is 0 Å². The van der Waals surface area contributed by atoms with E-state index >= 15 is 0 Å². The molecule has 1 saturated heterocycles. The third kappa shape index (κ3) is 2.52. The van der Waals surface area contributed by atoms with E-state index in [1.54, 1.807) is 25.3 Å². The molecule has 1 heterocycles. The largest absolute Gasteiger partial charge is 0.497 e. The van der Waals surface area contributed by atoms with E-state index in [0.717, 1.165) is 6.61 Å². The highest BCUT2D eigenvalue weighted by Crippen LogP contribution is 2.26. The fraction of sp³-hybridized carbons (Fsp3) is 0.417. The molecule has 1 aliphatic heterocycles. The maximum absolute atomic E-state index is 11.4. The zero-order valence-corrected chi connectivity index (χ0v) is 9.36. The predicted octanol–water partition coefficient (Wildman–Crippen LogP) is 1.68. The van der Waals surface area contributed by atoms with Crippen molar-refractivity contribution in [2.45, 2.75) is 13.0 Å². The Morgan fingerprint density at radius 2 is 2.31 bits per heavy atom. The van der Waals surface area contributed by atoms with Crippen molar-refractivity contribution in [1.29, 1.82) is 0 Å². The molecule has 86 valence electrons. The second-order valence-electron chi connectivity index (χ2n) is 3.68. The van der Waals surface area contributed by atoms with Gasteiger partial charge in [-0.1, -0.05) is 0 Å². The van der Waals surface area contributed by atoms with Crippen molar-refractivity contribution < 1.29 is 19.0 Å². The number of hydrogen-bond acceptors (Lipinski definition) is 4. The summed E-state index contributed by atoms with van der Waals surface area (Å²) in [5.74, 6) is 1.22. The van der Waals surface area contributed by atoms with Gasteiger partial charge in [-0.05, 0) is 19.1 Å². The molecule has 2 rings (SSSR count). The molecule has 0 spiro atoms. The van der Waals surface area contributed by atoms with E-state index < -0.39 is 0 Å². The highest BCUT2D eigenvalue weighted by atomic mass is 16.6. The second-order valence-corrected chi connectivity index (χ2v) is 3.68. The van der Waals surface area contributed by atoms with Crippen LogP contribution in [-0.2, 0) is 4.74 Å². The molecule has 0 saturated carbocycles. The first-order valence-electron chi connectivity index (χ1n) is 5.14. The molecular weight excluding hydrogens is 208 g/mol. The van der Waals surface area contributed by atoms with Gasteiger partial charge in [0.2, 0.25) is 0 Å². The number of Topliss-reactive ketones (excluding diaryl/α,β-unsaturated/α-hetero) is 1. The van der Waals surface area contributed by atoms with E-state index in [0.29, 0.717) is 23.7 Å². The summed E-state index contributed by atoms with van der Waals surface area (Å²) in [7, 11) is 1.58. The van der Waals surface area contributed by atoms with Crippen molar-refractivity contribution in [3.05, 3.63) is 23.8 Å². The van der Waals surface area contributed by atoms with Gasteiger partial charge in [0.25, 0.3) is 0 Å². The molecule has 1 aromatic carbocycles. The number of ketones is 1. The quantitative estimate of drug-likeness (QED) is 0.561. The van der Waals surface area contributed by atoms with Crippen molar-refractivity contribution in [3.8, 4) is 11.5 Å². The lowest BCUT2D eigenvalue weighted by Crippen LogP contribution is -2.07. The van der Waals surface area contributed by atoms with Gasteiger partial charge in [-0.25, -0.2) is 0 Å². The van der Waals surface area contributed by atoms with Gasteiger partial charge < -0.3 is 14.2 Å². The zero-order chi connectivity index (χ0) is 11.5. The third-order valence-electron chi connectivity index (χ3n) is 2.40. The molecule has 1 unspecified atom stereocenters. The summed E-state index contributed by atoms with van der Waals surface area (Å²) in [4.78, 5) is 11.4. The van der Waals surface area contributed by atoms with Crippen LogP contribution in [0.4, 0.5) is 0 Å². The van der Waals surface area contributed by atoms with Crippen LogP contribution in [0.15, 0.2) is 18.2 Å². The average molecular weight is 222 g/mol. The number of rotatable bonds is 5. The number of methoxy groups -OCH3 is 1. The SMILES string of the molecule is COc1ccc(C(C)=O)c(OCC2CO2)c1. The van der Waals surface area contributed by atoms with Crippen molar-refractivity contribution >= 4 is 5.78 Å². The Morgan fingerprint density at radius 1 is 1.56 bits per heavy atom. The molecule has 0 N–H and O–H groups in total. The molecule has 1 aliphatic rings. The zero-order valence-electron chi connectivity index (χ0n) is 9.36. The summed E-state index contributed by atoms with van der Waals surface area (Å²) in [6.45, 7) is 2.73. The molecule has 1 fully saturated rings. The van der Waals surface area contributed by atoms with Crippen molar-refractivity contribution in [2.24, 2.45) is 0 Å². The fourth-order valence-electron chi connectivity index (χ4n) is 1.39. The minimum absolute atomic E-state index is 0.0191. The van der Waals surface area contributed by atoms with Gasteiger partial charge in [0.05, 0.1) is 19.3 Å². The van der Waals surface area contributed by atoms with Crippen LogP contribution in [0.5, 0.6) is 11.5 Å². The Kier molecular flexibility index (Phi) is 3.10. The molecule has 0 radical (unpaired) electrons. The molecule has 4 heteroatoms. The predicted molar refractivity (Wildman–Crippen MR) is 58.2 cm³/mol. The van der Waals surface area contributed by atoms with Crippen molar-refractivity contribution in [1.82, 2.24) is 0 Å². The van der Waals surface area contributed by atoms with Gasteiger partial charge in [0.15, 0.2) is 5.78 Å². The Balaban J connectivity index is 2.18. The first-order chi connectivity index (χ1) is 7.70. The van der Waals surface area contributed by atoms with Crippen molar-refractivity contribution in [3.63, 3.8) is 0 Å². The van der Waals surface area contributed by atoms with E-state index in [1.807, 2.05) is 0 Å². The van der Waals surface area contributed by atoms with Crippen LogP contribution in [0, 0.1) is 0 Å².